The minimum absolute atomic E-state index is 0. The molecule has 134 valence electrons. The van der Waals surface area contributed by atoms with Crippen molar-refractivity contribution < 1.29 is 4.74 Å². The highest BCUT2D eigenvalue weighted by Gasteiger charge is 2.06. The smallest absolute Gasteiger partial charge is 0.191 e. The fourth-order valence-electron chi connectivity index (χ4n) is 1.96. The summed E-state index contributed by atoms with van der Waals surface area (Å²) in [5, 5.41) is 14.7. The van der Waals surface area contributed by atoms with Crippen LogP contribution in [0.4, 0.5) is 0 Å². The van der Waals surface area contributed by atoms with Gasteiger partial charge in [-0.1, -0.05) is 6.92 Å². The number of aromatic nitrogens is 3. The molecule has 0 amide bonds. The summed E-state index contributed by atoms with van der Waals surface area (Å²) < 4.78 is 7.21. The summed E-state index contributed by atoms with van der Waals surface area (Å²) in [6, 6.07) is 0.214. The minimum atomic E-state index is 0. The predicted molar refractivity (Wildman–Crippen MR) is 108 cm³/mol. The van der Waals surface area contributed by atoms with Gasteiger partial charge in [-0.25, -0.2) is 0 Å². The highest BCUT2D eigenvalue weighted by molar-refractivity contribution is 14.0. The van der Waals surface area contributed by atoms with Crippen molar-refractivity contribution in [3.8, 4) is 0 Å². The van der Waals surface area contributed by atoms with Crippen molar-refractivity contribution in [2.45, 2.75) is 32.9 Å². The van der Waals surface area contributed by atoms with E-state index in [9.17, 15) is 0 Å². The maximum absolute atomic E-state index is 5.15. The van der Waals surface area contributed by atoms with Gasteiger partial charge in [0.25, 0.3) is 0 Å². The van der Waals surface area contributed by atoms with Crippen LogP contribution in [0.1, 0.15) is 19.7 Å². The third-order valence-electron chi connectivity index (χ3n) is 3.02. The van der Waals surface area contributed by atoms with Crippen LogP contribution >= 0.6 is 35.7 Å². The Hall–Kier alpha value is -0.550. The van der Waals surface area contributed by atoms with Crippen LogP contribution in [0.25, 0.3) is 0 Å². The van der Waals surface area contributed by atoms with Crippen LogP contribution in [-0.4, -0.2) is 65.6 Å². The minimum Gasteiger partial charge on any atom is -0.383 e. The van der Waals surface area contributed by atoms with Crippen molar-refractivity contribution in [3.63, 3.8) is 0 Å². The molecule has 1 aromatic rings. The summed E-state index contributed by atoms with van der Waals surface area (Å²) >= 11 is 1.79. The fourth-order valence-corrected chi connectivity index (χ4v) is 2.23. The second kappa shape index (κ2) is 13.8. The standard InChI is InChI=1S/C14H28N6OS.HI/c1-5-13-19-17-11-20(13)8-6-15-14(16-7-9-22-4)18-12(2)10-21-3;/h11-12H,5-10H2,1-4H3,(H2,15,16,18);1H. The molecule has 0 saturated carbocycles. The Balaban J connectivity index is 0.00000484. The lowest BCUT2D eigenvalue weighted by molar-refractivity contribution is 0.179. The number of methoxy groups -OCH3 is 1. The molecule has 1 rings (SSSR count). The zero-order valence-electron chi connectivity index (χ0n) is 14.4. The summed E-state index contributed by atoms with van der Waals surface area (Å²) in [5.74, 6) is 2.84. The lowest BCUT2D eigenvalue weighted by atomic mass is 10.4. The largest absolute Gasteiger partial charge is 0.383 e. The van der Waals surface area contributed by atoms with Crippen molar-refractivity contribution in [1.82, 2.24) is 25.4 Å². The summed E-state index contributed by atoms with van der Waals surface area (Å²) in [6.07, 6.45) is 4.74. The van der Waals surface area contributed by atoms with E-state index in [2.05, 4.69) is 50.5 Å². The molecule has 0 bridgehead atoms. The molecular formula is C14H29IN6OS. The molecule has 0 aliphatic rings. The van der Waals surface area contributed by atoms with E-state index in [1.807, 2.05) is 0 Å². The van der Waals surface area contributed by atoms with Crippen molar-refractivity contribution >= 4 is 41.7 Å². The Morgan fingerprint density at radius 3 is 2.96 bits per heavy atom. The molecule has 0 aliphatic heterocycles. The quantitative estimate of drug-likeness (QED) is 0.240. The first kappa shape index (κ1) is 22.4. The molecule has 0 aromatic carbocycles. The van der Waals surface area contributed by atoms with Gasteiger partial charge in [0.15, 0.2) is 5.96 Å². The Labute approximate surface area is 160 Å². The van der Waals surface area contributed by atoms with Crippen LogP contribution in [0, 0.1) is 0 Å². The molecule has 9 heteroatoms. The predicted octanol–water partition coefficient (Wildman–Crippen LogP) is 1.39. The number of thioether (sulfide) groups is 1. The van der Waals surface area contributed by atoms with Gasteiger partial charge in [0.2, 0.25) is 0 Å². The number of rotatable bonds is 10. The molecule has 1 aromatic heterocycles. The van der Waals surface area contributed by atoms with Gasteiger partial charge in [0, 0.05) is 38.4 Å². The second-order valence-corrected chi connectivity index (χ2v) is 5.93. The average Bonchev–Trinajstić information content (AvgIpc) is 2.95. The Kier molecular flexibility index (Phi) is 13.5. The number of aliphatic imine (C=N–C) groups is 1. The number of aryl methyl sites for hydroxylation is 1. The van der Waals surface area contributed by atoms with Crippen LogP contribution in [-0.2, 0) is 17.7 Å². The van der Waals surface area contributed by atoms with Gasteiger partial charge >= 0.3 is 0 Å². The van der Waals surface area contributed by atoms with Crippen LogP contribution in [0.2, 0.25) is 0 Å². The average molecular weight is 456 g/mol. The Morgan fingerprint density at radius 2 is 2.30 bits per heavy atom. The third-order valence-corrected chi connectivity index (χ3v) is 3.61. The molecular weight excluding hydrogens is 427 g/mol. The van der Waals surface area contributed by atoms with E-state index < -0.39 is 0 Å². The first-order chi connectivity index (χ1) is 10.7. The zero-order valence-corrected chi connectivity index (χ0v) is 17.6. The Morgan fingerprint density at radius 1 is 1.52 bits per heavy atom. The first-order valence-corrected chi connectivity index (χ1v) is 9.00. The van der Waals surface area contributed by atoms with E-state index in [1.54, 1.807) is 25.2 Å². The SMILES string of the molecule is CCc1nncn1CCNC(=NCCSC)NC(C)COC.I. The molecule has 0 aliphatic carbocycles. The van der Waals surface area contributed by atoms with Crippen LogP contribution < -0.4 is 10.6 Å². The molecule has 0 spiro atoms. The van der Waals surface area contributed by atoms with E-state index in [0.717, 1.165) is 43.6 Å². The molecule has 7 nitrogen and oxygen atoms in total. The van der Waals surface area contributed by atoms with E-state index in [4.69, 9.17) is 4.74 Å². The van der Waals surface area contributed by atoms with Crippen molar-refractivity contribution in [2.24, 2.45) is 4.99 Å². The number of guanidine groups is 1. The number of hydrogen-bond donors (Lipinski definition) is 2. The van der Waals surface area contributed by atoms with Gasteiger partial charge in [0.05, 0.1) is 13.2 Å². The topological polar surface area (TPSA) is 76.4 Å². The number of hydrogen-bond acceptors (Lipinski definition) is 5. The fraction of sp³-hybridized carbons (Fsp3) is 0.786. The van der Waals surface area contributed by atoms with Gasteiger partial charge in [-0.2, -0.15) is 11.8 Å². The van der Waals surface area contributed by atoms with Crippen LogP contribution in [0.15, 0.2) is 11.3 Å². The molecule has 2 N–H and O–H groups in total. The highest BCUT2D eigenvalue weighted by atomic mass is 127. The third kappa shape index (κ3) is 9.36. The number of ether oxygens (including phenoxy) is 1. The molecule has 23 heavy (non-hydrogen) atoms. The lowest BCUT2D eigenvalue weighted by Gasteiger charge is -2.18. The maximum Gasteiger partial charge on any atom is 0.191 e. The number of nitrogens with zero attached hydrogens (tertiary/aromatic N) is 4. The lowest BCUT2D eigenvalue weighted by Crippen LogP contribution is -2.45. The maximum atomic E-state index is 5.15. The summed E-state index contributed by atoms with van der Waals surface area (Å²) in [6.45, 7) is 7.19. The summed E-state index contributed by atoms with van der Waals surface area (Å²) in [4.78, 5) is 4.57. The molecule has 1 atom stereocenters. The summed E-state index contributed by atoms with van der Waals surface area (Å²) in [5.41, 5.74) is 0. The van der Waals surface area contributed by atoms with Crippen LogP contribution in [0.3, 0.4) is 0 Å². The van der Waals surface area contributed by atoms with Crippen molar-refractivity contribution in [1.29, 1.82) is 0 Å². The van der Waals surface area contributed by atoms with Gasteiger partial charge < -0.3 is 19.9 Å². The van der Waals surface area contributed by atoms with Gasteiger partial charge in [-0.05, 0) is 13.2 Å². The summed E-state index contributed by atoms with van der Waals surface area (Å²) in [7, 11) is 1.70. The van der Waals surface area contributed by atoms with Gasteiger partial charge in [0.1, 0.15) is 12.2 Å². The molecule has 1 unspecified atom stereocenters. The van der Waals surface area contributed by atoms with Crippen molar-refractivity contribution in [3.05, 3.63) is 12.2 Å². The highest BCUT2D eigenvalue weighted by Crippen LogP contribution is 1.95. The zero-order chi connectivity index (χ0) is 16.2. The monoisotopic (exact) mass is 456 g/mol. The Bertz CT molecular complexity index is 443. The van der Waals surface area contributed by atoms with E-state index in [0.29, 0.717) is 6.61 Å². The first-order valence-electron chi connectivity index (χ1n) is 7.60. The van der Waals surface area contributed by atoms with E-state index in [-0.39, 0.29) is 30.0 Å². The van der Waals surface area contributed by atoms with Gasteiger partial charge in [-0.15, -0.1) is 34.2 Å². The normalized spacial score (nSPS) is 12.6. The van der Waals surface area contributed by atoms with Crippen LogP contribution in [0.5, 0.6) is 0 Å². The van der Waals surface area contributed by atoms with Crippen molar-refractivity contribution in [2.75, 3.05) is 38.8 Å². The van der Waals surface area contributed by atoms with E-state index in [1.165, 1.54) is 0 Å². The number of halogens is 1. The molecule has 1 heterocycles. The molecule has 0 saturated heterocycles. The van der Waals surface area contributed by atoms with E-state index >= 15 is 0 Å². The van der Waals surface area contributed by atoms with Gasteiger partial charge in [-0.3, -0.25) is 4.99 Å². The second-order valence-electron chi connectivity index (χ2n) is 4.94. The molecule has 0 radical (unpaired) electrons. The number of nitrogens with one attached hydrogen (secondary N) is 2. The molecule has 0 fully saturated rings.